The molecule has 0 aromatic heterocycles. The molecule has 0 atom stereocenters. The van der Waals surface area contributed by atoms with Crippen LogP contribution >= 0.6 is 0 Å². The molecule has 0 aliphatic rings. The third-order valence-electron chi connectivity index (χ3n) is 3.95. The highest BCUT2D eigenvalue weighted by atomic mass is 32.2. The van der Waals surface area contributed by atoms with Crippen molar-refractivity contribution in [2.45, 2.75) is 37.1 Å². The number of hydrogen-bond donors (Lipinski definition) is 1. The van der Waals surface area contributed by atoms with Crippen LogP contribution in [0.5, 0.6) is 0 Å². The lowest BCUT2D eigenvalue weighted by Crippen LogP contribution is -2.53. The van der Waals surface area contributed by atoms with Crippen LogP contribution in [0.4, 0.5) is 13.2 Å². The van der Waals surface area contributed by atoms with Gasteiger partial charge in [0, 0.05) is 31.3 Å². The summed E-state index contributed by atoms with van der Waals surface area (Å²) in [5.74, 6) is -4.10. The van der Waals surface area contributed by atoms with Crippen LogP contribution in [0.3, 0.4) is 0 Å². The second kappa shape index (κ2) is 6.33. The molecule has 0 saturated heterocycles. The van der Waals surface area contributed by atoms with Crippen LogP contribution in [0.15, 0.2) is 17.0 Å². The first-order valence-electron chi connectivity index (χ1n) is 6.50. The molecule has 0 unspecified atom stereocenters. The Hall–Kier alpha value is -1.12. The summed E-state index contributed by atoms with van der Waals surface area (Å²) in [5.41, 5.74) is 4.70. The molecule has 0 heterocycles. The number of benzene rings is 1. The maximum Gasteiger partial charge on any atom is 0.249 e. The van der Waals surface area contributed by atoms with Crippen LogP contribution in [-0.2, 0) is 10.0 Å². The number of likely N-dealkylation sites (N-methyl/N-ethyl adjacent to an activating group) is 1. The summed E-state index contributed by atoms with van der Waals surface area (Å²) in [5, 5.41) is 0. The first-order valence-corrected chi connectivity index (χ1v) is 7.94. The van der Waals surface area contributed by atoms with Crippen molar-refractivity contribution in [2.75, 3.05) is 13.6 Å². The van der Waals surface area contributed by atoms with Crippen LogP contribution < -0.4 is 5.73 Å². The molecule has 0 aliphatic heterocycles. The van der Waals surface area contributed by atoms with E-state index in [1.54, 1.807) is 13.8 Å². The lowest BCUT2D eigenvalue weighted by Gasteiger charge is -2.38. The largest absolute Gasteiger partial charge is 0.329 e. The Kier molecular flexibility index (Phi) is 5.40. The molecule has 21 heavy (non-hydrogen) atoms. The Morgan fingerprint density at radius 2 is 1.57 bits per heavy atom. The Morgan fingerprint density at radius 1 is 1.14 bits per heavy atom. The van der Waals surface area contributed by atoms with Crippen molar-refractivity contribution >= 4 is 10.0 Å². The smallest absolute Gasteiger partial charge is 0.249 e. The molecule has 4 nitrogen and oxygen atoms in total. The molecule has 0 aliphatic carbocycles. The molecule has 0 fully saturated rings. The molecule has 0 spiro atoms. The summed E-state index contributed by atoms with van der Waals surface area (Å²) in [7, 11) is -3.25. The normalized spacial score (nSPS) is 13.0. The number of rotatable bonds is 6. The summed E-state index contributed by atoms with van der Waals surface area (Å²) in [6.07, 6.45) is 0.750. The van der Waals surface area contributed by atoms with E-state index in [1.165, 1.54) is 7.05 Å². The van der Waals surface area contributed by atoms with Crippen molar-refractivity contribution in [3.8, 4) is 0 Å². The zero-order valence-corrected chi connectivity index (χ0v) is 13.0. The summed E-state index contributed by atoms with van der Waals surface area (Å²) < 4.78 is 66.2. The van der Waals surface area contributed by atoms with Gasteiger partial charge in [0.15, 0.2) is 4.90 Å². The van der Waals surface area contributed by atoms with E-state index in [9.17, 15) is 21.6 Å². The second-order valence-electron chi connectivity index (χ2n) is 4.81. The van der Waals surface area contributed by atoms with Gasteiger partial charge < -0.3 is 5.73 Å². The van der Waals surface area contributed by atoms with Gasteiger partial charge in [-0.25, -0.2) is 21.6 Å². The summed E-state index contributed by atoms with van der Waals surface area (Å²) in [6, 6.07) is 0.678. The van der Waals surface area contributed by atoms with Gasteiger partial charge in [-0.2, -0.15) is 4.31 Å². The molecular weight excluding hydrogens is 305 g/mol. The van der Waals surface area contributed by atoms with E-state index in [0.29, 0.717) is 25.0 Å². The van der Waals surface area contributed by atoms with E-state index in [4.69, 9.17) is 5.73 Å². The molecule has 1 aromatic carbocycles. The van der Waals surface area contributed by atoms with Crippen LogP contribution in [0.1, 0.15) is 26.7 Å². The van der Waals surface area contributed by atoms with Crippen molar-refractivity contribution < 1.29 is 21.6 Å². The average molecular weight is 324 g/mol. The fourth-order valence-electron chi connectivity index (χ4n) is 2.28. The van der Waals surface area contributed by atoms with Gasteiger partial charge in [-0.15, -0.1) is 0 Å². The van der Waals surface area contributed by atoms with Gasteiger partial charge in [-0.05, 0) is 12.8 Å². The maximum atomic E-state index is 13.8. The Labute approximate surface area is 122 Å². The third kappa shape index (κ3) is 3.07. The van der Waals surface area contributed by atoms with E-state index in [1.807, 2.05) is 0 Å². The predicted octanol–water partition coefficient (Wildman–Crippen LogP) is 2.24. The zero-order chi connectivity index (χ0) is 16.4. The maximum absolute atomic E-state index is 13.8. The standard InChI is InChI=1S/C13H19F3N2O2S/c1-4-13(5-2,8-17)18(3)21(19,20)12-10(15)6-9(14)7-11(12)16/h6-7H,4-5,8,17H2,1-3H3. The number of halogens is 3. The van der Waals surface area contributed by atoms with E-state index in [0.717, 1.165) is 4.31 Å². The van der Waals surface area contributed by atoms with Crippen LogP contribution in [0, 0.1) is 17.5 Å². The van der Waals surface area contributed by atoms with Gasteiger partial charge in [-0.3, -0.25) is 0 Å². The first kappa shape index (κ1) is 17.9. The fraction of sp³-hybridized carbons (Fsp3) is 0.538. The highest BCUT2D eigenvalue weighted by Gasteiger charge is 2.40. The number of nitrogens with zero attached hydrogens (tertiary/aromatic N) is 1. The summed E-state index contributed by atoms with van der Waals surface area (Å²) in [4.78, 5) is -1.16. The molecule has 0 radical (unpaired) electrons. The van der Waals surface area contributed by atoms with Crippen LogP contribution in [0.25, 0.3) is 0 Å². The average Bonchev–Trinajstić information content (AvgIpc) is 2.39. The van der Waals surface area contributed by atoms with E-state index in [-0.39, 0.29) is 6.54 Å². The molecule has 1 rings (SSSR count). The first-order chi connectivity index (χ1) is 9.66. The quantitative estimate of drug-likeness (QED) is 0.873. The SMILES string of the molecule is CCC(CC)(CN)N(C)S(=O)(=O)c1c(F)cc(F)cc1F. The minimum Gasteiger partial charge on any atom is -0.329 e. The van der Waals surface area contributed by atoms with E-state index < -0.39 is 37.9 Å². The molecule has 0 amide bonds. The van der Waals surface area contributed by atoms with E-state index in [2.05, 4.69) is 0 Å². The lowest BCUT2D eigenvalue weighted by atomic mass is 9.93. The van der Waals surface area contributed by atoms with Gasteiger partial charge in [-0.1, -0.05) is 13.8 Å². The molecule has 8 heteroatoms. The lowest BCUT2D eigenvalue weighted by molar-refractivity contribution is 0.206. The van der Waals surface area contributed by atoms with Crippen molar-refractivity contribution in [1.82, 2.24) is 4.31 Å². The molecule has 0 bridgehead atoms. The minimum absolute atomic E-state index is 0.000161. The number of nitrogens with two attached hydrogens (primary N) is 1. The molecule has 120 valence electrons. The summed E-state index contributed by atoms with van der Waals surface area (Å²) in [6.45, 7) is 3.47. The molecule has 0 saturated carbocycles. The zero-order valence-electron chi connectivity index (χ0n) is 12.2. The fourth-order valence-corrected chi connectivity index (χ4v) is 4.01. The van der Waals surface area contributed by atoms with Crippen molar-refractivity contribution in [1.29, 1.82) is 0 Å². The third-order valence-corrected chi connectivity index (χ3v) is 5.96. The molecule has 2 N–H and O–H groups in total. The molecular formula is C13H19F3N2O2S. The van der Waals surface area contributed by atoms with Gasteiger partial charge in [0.25, 0.3) is 0 Å². The van der Waals surface area contributed by atoms with Crippen molar-refractivity contribution in [3.05, 3.63) is 29.6 Å². The highest BCUT2D eigenvalue weighted by Crippen LogP contribution is 2.30. The summed E-state index contributed by atoms with van der Waals surface area (Å²) >= 11 is 0. The second-order valence-corrected chi connectivity index (χ2v) is 6.71. The van der Waals surface area contributed by atoms with Crippen molar-refractivity contribution in [2.24, 2.45) is 5.73 Å². The van der Waals surface area contributed by atoms with Gasteiger partial charge >= 0.3 is 0 Å². The van der Waals surface area contributed by atoms with Gasteiger partial charge in [0.05, 0.1) is 0 Å². The highest BCUT2D eigenvalue weighted by molar-refractivity contribution is 7.89. The molecule has 1 aromatic rings. The minimum atomic E-state index is -4.47. The Bertz CT molecular complexity index is 585. The predicted molar refractivity (Wildman–Crippen MR) is 73.6 cm³/mol. The van der Waals surface area contributed by atoms with Gasteiger partial charge in [0.2, 0.25) is 10.0 Å². The van der Waals surface area contributed by atoms with Crippen LogP contribution in [0.2, 0.25) is 0 Å². The monoisotopic (exact) mass is 324 g/mol. The van der Waals surface area contributed by atoms with Gasteiger partial charge in [0.1, 0.15) is 17.5 Å². The Morgan fingerprint density at radius 3 is 1.90 bits per heavy atom. The number of hydrogen-bond acceptors (Lipinski definition) is 3. The van der Waals surface area contributed by atoms with Crippen molar-refractivity contribution in [3.63, 3.8) is 0 Å². The number of sulfonamides is 1. The van der Waals surface area contributed by atoms with Crippen LogP contribution in [-0.4, -0.2) is 31.9 Å². The van der Waals surface area contributed by atoms with E-state index >= 15 is 0 Å². The Balaban J connectivity index is 3.48. The topological polar surface area (TPSA) is 63.4 Å².